The van der Waals surface area contributed by atoms with Gasteiger partial charge in [-0.25, -0.2) is 0 Å². The van der Waals surface area contributed by atoms with E-state index in [1.807, 2.05) is 18.2 Å². The van der Waals surface area contributed by atoms with Crippen LogP contribution in [0, 0.1) is 5.92 Å². The second-order valence-electron chi connectivity index (χ2n) is 7.19. The quantitative estimate of drug-likeness (QED) is 0.608. The number of nitrogens with one attached hydrogen (secondary N) is 2. The molecule has 144 valence electrons. The van der Waals surface area contributed by atoms with Crippen molar-refractivity contribution in [3.63, 3.8) is 0 Å². The van der Waals surface area contributed by atoms with Gasteiger partial charge in [0.1, 0.15) is 0 Å². The highest BCUT2D eigenvalue weighted by Gasteiger charge is 2.25. The number of rotatable bonds is 6. The van der Waals surface area contributed by atoms with Crippen LogP contribution in [-0.2, 0) is 4.79 Å². The van der Waals surface area contributed by atoms with Gasteiger partial charge in [0.2, 0.25) is 5.91 Å². The number of H-pyrrole nitrogens is 1. The molecule has 0 atom stereocenters. The summed E-state index contributed by atoms with van der Waals surface area (Å²) in [4.78, 5) is 39.4. The monoisotopic (exact) mass is 433 g/mol. The van der Waals surface area contributed by atoms with E-state index in [0.29, 0.717) is 24.9 Å². The molecule has 0 bridgehead atoms. The van der Waals surface area contributed by atoms with Crippen LogP contribution in [0.1, 0.15) is 48.9 Å². The zero-order valence-corrected chi connectivity index (χ0v) is 16.7. The lowest BCUT2D eigenvalue weighted by atomic mass is 9.82. The van der Waals surface area contributed by atoms with Gasteiger partial charge in [-0.1, -0.05) is 15.9 Å². The second kappa shape index (κ2) is 8.80. The Kier molecular flexibility index (Phi) is 6.44. The van der Waals surface area contributed by atoms with Crippen molar-refractivity contribution >= 4 is 38.5 Å². The van der Waals surface area contributed by atoms with E-state index in [1.54, 1.807) is 6.07 Å². The number of aromatic amines is 1. The number of benzene rings is 1. The molecule has 1 amide bonds. The van der Waals surface area contributed by atoms with Gasteiger partial charge in [-0.2, -0.15) is 0 Å². The van der Waals surface area contributed by atoms with E-state index >= 15 is 0 Å². The normalized spacial score (nSPS) is 19.8. The summed E-state index contributed by atoms with van der Waals surface area (Å²) in [6.45, 7) is 0.354. The van der Waals surface area contributed by atoms with E-state index in [-0.39, 0.29) is 34.8 Å². The van der Waals surface area contributed by atoms with Gasteiger partial charge in [-0.05, 0) is 55.9 Å². The number of carbonyl (C=O) groups excluding carboxylic acids is 2. The maximum atomic E-state index is 12.7. The molecule has 4 N–H and O–H groups in total. The Hall–Kier alpha value is -1.99. The van der Waals surface area contributed by atoms with Crippen LogP contribution < -0.4 is 16.6 Å². The van der Waals surface area contributed by atoms with E-state index < -0.39 is 0 Å². The molecule has 6 nitrogen and oxygen atoms in total. The van der Waals surface area contributed by atoms with Gasteiger partial charge >= 0.3 is 0 Å². The van der Waals surface area contributed by atoms with Crippen molar-refractivity contribution in [3.8, 4) is 0 Å². The fourth-order valence-corrected chi connectivity index (χ4v) is 4.08. The summed E-state index contributed by atoms with van der Waals surface area (Å²) in [5.41, 5.74) is 5.99. The summed E-state index contributed by atoms with van der Waals surface area (Å²) in [6.07, 6.45) is 4.17. The Morgan fingerprint density at radius 2 is 1.93 bits per heavy atom. The minimum atomic E-state index is -0.336. The summed E-state index contributed by atoms with van der Waals surface area (Å²) in [7, 11) is 0. The molecule has 0 radical (unpaired) electrons. The van der Waals surface area contributed by atoms with Crippen molar-refractivity contribution in [2.45, 2.75) is 44.6 Å². The minimum absolute atomic E-state index is 0.00844. The molecule has 3 rings (SSSR count). The van der Waals surface area contributed by atoms with Crippen LogP contribution in [0.15, 0.2) is 33.5 Å². The standard InChI is InChI=1S/C20H24BrN3O3/c21-14-3-6-17-13(10-14)11-16(20(27)24-17)18(25)9-12-1-4-15(5-2-12)23-19(26)7-8-22/h3,6,10-12,15H,1-2,4-5,7-9,22H2,(H,23,26)(H,24,27). The predicted molar refractivity (Wildman–Crippen MR) is 109 cm³/mol. The summed E-state index contributed by atoms with van der Waals surface area (Å²) < 4.78 is 0.899. The Bertz CT molecular complexity index is 901. The first kappa shape index (κ1) is 19.8. The fourth-order valence-electron chi connectivity index (χ4n) is 3.70. The number of ketones is 1. The van der Waals surface area contributed by atoms with Gasteiger partial charge in [0.05, 0.1) is 5.56 Å². The van der Waals surface area contributed by atoms with Crippen LogP contribution in [-0.4, -0.2) is 29.3 Å². The number of Topliss-reactive ketones (excluding diaryl/α,β-unsaturated/α-hetero) is 1. The Morgan fingerprint density at radius 3 is 2.63 bits per heavy atom. The highest BCUT2D eigenvalue weighted by Crippen LogP contribution is 2.28. The molecule has 0 unspecified atom stereocenters. The number of aromatic nitrogens is 1. The van der Waals surface area contributed by atoms with Gasteiger partial charge in [-0.15, -0.1) is 0 Å². The topological polar surface area (TPSA) is 105 Å². The third-order valence-corrected chi connectivity index (χ3v) is 5.66. The van der Waals surface area contributed by atoms with E-state index in [1.165, 1.54) is 0 Å². The number of amides is 1. The first-order chi connectivity index (χ1) is 13.0. The lowest BCUT2D eigenvalue weighted by molar-refractivity contribution is -0.121. The van der Waals surface area contributed by atoms with Crippen LogP contribution in [0.2, 0.25) is 0 Å². The number of nitrogens with two attached hydrogens (primary N) is 1. The summed E-state index contributed by atoms with van der Waals surface area (Å²) >= 11 is 3.41. The molecule has 1 heterocycles. The van der Waals surface area contributed by atoms with Crippen LogP contribution in [0.5, 0.6) is 0 Å². The van der Waals surface area contributed by atoms with Crippen molar-refractivity contribution in [1.29, 1.82) is 0 Å². The van der Waals surface area contributed by atoms with Crippen LogP contribution in [0.4, 0.5) is 0 Å². The SMILES string of the molecule is NCCC(=O)NC1CCC(CC(=O)c2cc3cc(Br)ccc3[nH]c2=O)CC1. The molecule has 0 saturated heterocycles. The average molecular weight is 434 g/mol. The first-order valence-electron chi connectivity index (χ1n) is 9.31. The van der Waals surface area contributed by atoms with E-state index in [9.17, 15) is 14.4 Å². The second-order valence-corrected chi connectivity index (χ2v) is 8.11. The van der Waals surface area contributed by atoms with Crippen LogP contribution in [0.25, 0.3) is 10.9 Å². The third kappa shape index (κ3) is 5.05. The van der Waals surface area contributed by atoms with Gasteiger partial charge in [0.15, 0.2) is 5.78 Å². The van der Waals surface area contributed by atoms with Crippen molar-refractivity contribution < 1.29 is 9.59 Å². The molecule has 1 aromatic carbocycles. The predicted octanol–water partition coefficient (Wildman–Crippen LogP) is 2.89. The Morgan fingerprint density at radius 1 is 1.19 bits per heavy atom. The van der Waals surface area contributed by atoms with E-state index in [4.69, 9.17) is 5.73 Å². The number of halogens is 1. The van der Waals surface area contributed by atoms with Crippen LogP contribution in [0.3, 0.4) is 0 Å². The van der Waals surface area contributed by atoms with Gasteiger partial charge in [0.25, 0.3) is 5.56 Å². The van der Waals surface area contributed by atoms with Gasteiger partial charge in [-0.3, -0.25) is 14.4 Å². The Balaban J connectivity index is 1.61. The zero-order valence-electron chi connectivity index (χ0n) is 15.1. The van der Waals surface area contributed by atoms with E-state index in [0.717, 1.165) is 35.5 Å². The molecule has 1 saturated carbocycles. The zero-order chi connectivity index (χ0) is 19.4. The van der Waals surface area contributed by atoms with Crippen molar-refractivity contribution in [1.82, 2.24) is 10.3 Å². The number of hydrogen-bond acceptors (Lipinski definition) is 4. The molecule has 27 heavy (non-hydrogen) atoms. The third-order valence-electron chi connectivity index (χ3n) is 5.16. The molecule has 0 aliphatic heterocycles. The first-order valence-corrected chi connectivity index (χ1v) is 10.1. The number of hydrogen-bond donors (Lipinski definition) is 3. The van der Waals surface area contributed by atoms with Crippen molar-refractivity contribution in [3.05, 3.63) is 44.7 Å². The maximum Gasteiger partial charge on any atom is 0.259 e. The molecule has 7 heteroatoms. The van der Waals surface area contributed by atoms with Gasteiger partial charge < -0.3 is 16.0 Å². The summed E-state index contributed by atoms with van der Waals surface area (Å²) in [5.74, 6) is 0.123. The minimum Gasteiger partial charge on any atom is -0.353 e. The molecule has 0 spiro atoms. The smallest absolute Gasteiger partial charge is 0.259 e. The fraction of sp³-hybridized carbons (Fsp3) is 0.450. The lowest BCUT2D eigenvalue weighted by Crippen LogP contribution is -2.38. The largest absolute Gasteiger partial charge is 0.353 e. The molecule has 1 aliphatic rings. The molecule has 1 fully saturated rings. The maximum absolute atomic E-state index is 12.7. The summed E-state index contributed by atoms with van der Waals surface area (Å²) in [6, 6.07) is 7.40. The summed E-state index contributed by atoms with van der Waals surface area (Å²) in [5, 5.41) is 3.83. The number of fused-ring (bicyclic) bond motifs is 1. The van der Waals surface area contributed by atoms with E-state index in [2.05, 4.69) is 26.2 Å². The molecule has 1 aromatic heterocycles. The lowest BCUT2D eigenvalue weighted by Gasteiger charge is -2.28. The number of pyridine rings is 1. The molecule has 2 aromatic rings. The van der Waals surface area contributed by atoms with Crippen molar-refractivity contribution in [2.24, 2.45) is 11.7 Å². The molecular weight excluding hydrogens is 410 g/mol. The highest BCUT2D eigenvalue weighted by molar-refractivity contribution is 9.10. The average Bonchev–Trinajstić information content (AvgIpc) is 2.63. The highest BCUT2D eigenvalue weighted by atomic mass is 79.9. The number of carbonyl (C=O) groups is 2. The Labute approximate surface area is 166 Å². The van der Waals surface area contributed by atoms with Crippen LogP contribution >= 0.6 is 15.9 Å². The van der Waals surface area contributed by atoms with Gasteiger partial charge in [0, 0.05) is 40.8 Å². The molecular formula is C20H24BrN3O3. The van der Waals surface area contributed by atoms with Crippen molar-refractivity contribution in [2.75, 3.05) is 6.54 Å². The molecule has 1 aliphatic carbocycles.